The Labute approximate surface area is 103 Å². The lowest BCUT2D eigenvalue weighted by atomic mass is 10.1. The third-order valence-electron chi connectivity index (χ3n) is 2.97. The first-order valence-corrected chi connectivity index (χ1v) is 6.16. The number of fused-ring (bicyclic) bond motifs is 1. The number of nitrogens with one attached hydrogen (secondary N) is 1. The molecule has 0 amide bonds. The second kappa shape index (κ2) is 4.06. The number of H-pyrrole nitrogens is 1. The maximum atomic E-state index is 12.2. The average Bonchev–Trinajstić information content (AvgIpc) is 2.25. The van der Waals surface area contributed by atoms with Gasteiger partial charge in [0, 0.05) is 21.1 Å². The van der Waals surface area contributed by atoms with Crippen molar-refractivity contribution < 1.29 is 0 Å². The van der Waals surface area contributed by atoms with Gasteiger partial charge in [0.05, 0.1) is 5.52 Å². The molecule has 0 atom stereocenters. The summed E-state index contributed by atoms with van der Waals surface area (Å²) in [5, 5.41) is 0.764. The summed E-state index contributed by atoms with van der Waals surface area (Å²) in [4.78, 5) is 15.5. The van der Waals surface area contributed by atoms with Crippen molar-refractivity contribution in [2.75, 3.05) is 0 Å². The molecule has 2 aromatic rings. The second-order valence-electron chi connectivity index (χ2n) is 4.03. The number of aromatic amines is 1. The number of hydrogen-bond donors (Lipinski definition) is 1. The SMILES string of the molecule is CCc1c(C)[nH]c2c(Br)c(C)ccc2c1=O. The molecule has 0 fully saturated rings. The molecule has 0 unspecified atom stereocenters. The first-order chi connectivity index (χ1) is 7.56. The first kappa shape index (κ1) is 11.4. The van der Waals surface area contributed by atoms with Crippen LogP contribution in [0.2, 0.25) is 0 Å². The highest BCUT2D eigenvalue weighted by atomic mass is 79.9. The number of pyridine rings is 1. The number of halogens is 1. The molecular weight excluding hydrogens is 266 g/mol. The Hall–Kier alpha value is -1.09. The summed E-state index contributed by atoms with van der Waals surface area (Å²) in [6, 6.07) is 3.86. The van der Waals surface area contributed by atoms with Gasteiger partial charge in [-0.05, 0) is 47.8 Å². The van der Waals surface area contributed by atoms with Gasteiger partial charge in [0.15, 0.2) is 5.43 Å². The Bertz CT molecular complexity index is 613. The van der Waals surface area contributed by atoms with Crippen LogP contribution in [0.5, 0.6) is 0 Å². The normalized spacial score (nSPS) is 11.0. The zero-order chi connectivity index (χ0) is 11.9. The molecule has 2 nitrogen and oxygen atoms in total. The van der Waals surface area contributed by atoms with Crippen LogP contribution in [0.15, 0.2) is 21.4 Å². The van der Waals surface area contributed by atoms with Gasteiger partial charge in [-0.15, -0.1) is 0 Å². The number of aromatic nitrogens is 1. The Morgan fingerprint density at radius 2 is 2.00 bits per heavy atom. The summed E-state index contributed by atoms with van der Waals surface area (Å²) in [6.07, 6.45) is 0.766. The minimum absolute atomic E-state index is 0.148. The summed E-state index contributed by atoms with van der Waals surface area (Å²) in [7, 11) is 0. The predicted molar refractivity (Wildman–Crippen MR) is 71.1 cm³/mol. The molecule has 0 aliphatic rings. The molecule has 1 heterocycles. The van der Waals surface area contributed by atoms with Crippen LogP contribution in [-0.2, 0) is 6.42 Å². The van der Waals surface area contributed by atoms with Crippen molar-refractivity contribution in [3.05, 3.63) is 43.6 Å². The summed E-state index contributed by atoms with van der Waals surface area (Å²) in [5.41, 5.74) is 4.02. The lowest BCUT2D eigenvalue weighted by molar-refractivity contribution is 1.05. The number of hydrogen-bond acceptors (Lipinski definition) is 1. The van der Waals surface area contributed by atoms with Gasteiger partial charge >= 0.3 is 0 Å². The average molecular weight is 280 g/mol. The summed E-state index contributed by atoms with van der Waals surface area (Å²) >= 11 is 3.53. The molecule has 0 spiro atoms. The minimum Gasteiger partial charge on any atom is -0.357 e. The van der Waals surface area contributed by atoms with Crippen molar-refractivity contribution in [1.29, 1.82) is 0 Å². The molecular formula is C13H14BrNO. The van der Waals surface area contributed by atoms with E-state index in [1.54, 1.807) is 0 Å². The van der Waals surface area contributed by atoms with Crippen LogP contribution < -0.4 is 5.43 Å². The van der Waals surface area contributed by atoms with E-state index in [0.717, 1.165) is 38.6 Å². The van der Waals surface area contributed by atoms with Crippen molar-refractivity contribution in [1.82, 2.24) is 4.98 Å². The van der Waals surface area contributed by atoms with E-state index in [9.17, 15) is 4.79 Å². The monoisotopic (exact) mass is 279 g/mol. The van der Waals surface area contributed by atoms with E-state index in [-0.39, 0.29) is 5.43 Å². The van der Waals surface area contributed by atoms with E-state index >= 15 is 0 Å². The Morgan fingerprint density at radius 1 is 1.31 bits per heavy atom. The van der Waals surface area contributed by atoms with Crippen LogP contribution in [0.3, 0.4) is 0 Å². The largest absolute Gasteiger partial charge is 0.357 e. The molecule has 84 valence electrons. The van der Waals surface area contributed by atoms with E-state index < -0.39 is 0 Å². The van der Waals surface area contributed by atoms with Gasteiger partial charge in [0.1, 0.15) is 0 Å². The molecule has 0 saturated heterocycles. The highest BCUT2D eigenvalue weighted by Gasteiger charge is 2.10. The maximum absolute atomic E-state index is 12.2. The lowest BCUT2D eigenvalue weighted by Crippen LogP contribution is -2.12. The standard InChI is InChI=1S/C13H14BrNO/c1-4-9-8(3)15-12-10(13(9)16)6-5-7(2)11(12)14/h5-6H,4H2,1-3H3,(H,15,16). The highest BCUT2D eigenvalue weighted by Crippen LogP contribution is 2.24. The topological polar surface area (TPSA) is 32.9 Å². The van der Waals surface area contributed by atoms with Crippen molar-refractivity contribution in [3.63, 3.8) is 0 Å². The molecule has 1 N–H and O–H groups in total. The van der Waals surface area contributed by atoms with E-state index in [2.05, 4.69) is 20.9 Å². The molecule has 0 saturated carbocycles. The van der Waals surface area contributed by atoms with Gasteiger partial charge in [-0.1, -0.05) is 13.0 Å². The van der Waals surface area contributed by atoms with Gasteiger partial charge in [-0.3, -0.25) is 4.79 Å². The summed E-state index contributed by atoms with van der Waals surface area (Å²) in [5.74, 6) is 0. The smallest absolute Gasteiger partial charge is 0.192 e. The van der Waals surface area contributed by atoms with Crippen LogP contribution in [0.1, 0.15) is 23.7 Å². The van der Waals surface area contributed by atoms with Gasteiger partial charge in [0.2, 0.25) is 0 Å². The van der Waals surface area contributed by atoms with Gasteiger partial charge in [0.25, 0.3) is 0 Å². The van der Waals surface area contributed by atoms with Crippen molar-refractivity contribution >= 4 is 26.8 Å². The lowest BCUT2D eigenvalue weighted by Gasteiger charge is -2.08. The van der Waals surface area contributed by atoms with Crippen LogP contribution >= 0.6 is 15.9 Å². The molecule has 0 aliphatic carbocycles. The first-order valence-electron chi connectivity index (χ1n) is 5.36. The highest BCUT2D eigenvalue weighted by molar-refractivity contribution is 9.10. The van der Waals surface area contributed by atoms with Crippen molar-refractivity contribution in [2.45, 2.75) is 27.2 Å². The van der Waals surface area contributed by atoms with Crippen molar-refractivity contribution in [3.8, 4) is 0 Å². The molecule has 1 aromatic carbocycles. The molecule has 0 radical (unpaired) electrons. The molecule has 3 heteroatoms. The fourth-order valence-corrected chi connectivity index (χ4v) is 2.46. The fourth-order valence-electron chi connectivity index (χ4n) is 2.01. The van der Waals surface area contributed by atoms with Crippen LogP contribution in [-0.4, -0.2) is 4.98 Å². The Morgan fingerprint density at radius 3 is 2.62 bits per heavy atom. The summed E-state index contributed by atoms with van der Waals surface area (Å²) < 4.78 is 0.979. The van der Waals surface area contributed by atoms with Crippen LogP contribution in [0.4, 0.5) is 0 Å². The Balaban J connectivity index is 2.99. The summed E-state index contributed by atoms with van der Waals surface area (Å²) in [6.45, 7) is 5.98. The quantitative estimate of drug-likeness (QED) is 0.852. The molecule has 0 bridgehead atoms. The van der Waals surface area contributed by atoms with Gasteiger partial charge in [-0.2, -0.15) is 0 Å². The third kappa shape index (κ3) is 1.59. The molecule has 0 aliphatic heterocycles. The third-order valence-corrected chi connectivity index (χ3v) is 3.99. The van der Waals surface area contributed by atoms with E-state index in [1.165, 1.54) is 0 Å². The minimum atomic E-state index is 0.148. The van der Waals surface area contributed by atoms with E-state index in [1.807, 2.05) is 32.9 Å². The van der Waals surface area contributed by atoms with Crippen LogP contribution in [0.25, 0.3) is 10.9 Å². The molecule has 1 aromatic heterocycles. The zero-order valence-electron chi connectivity index (χ0n) is 9.65. The number of benzene rings is 1. The maximum Gasteiger partial charge on any atom is 0.192 e. The number of rotatable bonds is 1. The second-order valence-corrected chi connectivity index (χ2v) is 4.82. The van der Waals surface area contributed by atoms with Gasteiger partial charge < -0.3 is 4.98 Å². The van der Waals surface area contributed by atoms with Gasteiger partial charge in [-0.25, -0.2) is 0 Å². The Kier molecular flexibility index (Phi) is 2.89. The van der Waals surface area contributed by atoms with E-state index in [4.69, 9.17) is 0 Å². The van der Waals surface area contributed by atoms with Crippen LogP contribution in [0, 0.1) is 13.8 Å². The molecule has 16 heavy (non-hydrogen) atoms. The fraction of sp³-hybridized carbons (Fsp3) is 0.308. The predicted octanol–water partition coefficient (Wildman–Crippen LogP) is 3.47. The molecule has 2 rings (SSSR count). The van der Waals surface area contributed by atoms with Crippen molar-refractivity contribution in [2.24, 2.45) is 0 Å². The zero-order valence-corrected chi connectivity index (χ0v) is 11.2. The van der Waals surface area contributed by atoms with E-state index in [0.29, 0.717) is 0 Å². The number of aryl methyl sites for hydroxylation is 2.